The number of fused-ring (bicyclic) bond motifs is 1. The van der Waals surface area contributed by atoms with E-state index in [9.17, 15) is 4.79 Å². The van der Waals surface area contributed by atoms with E-state index in [0.717, 1.165) is 5.56 Å². The summed E-state index contributed by atoms with van der Waals surface area (Å²) in [5.41, 5.74) is 1.71. The fraction of sp³-hybridized carbons (Fsp3) is 0.222. The molecule has 1 aromatic carbocycles. The molecule has 1 aliphatic heterocycles. The number of hydrogen-bond acceptors (Lipinski definition) is 3. The van der Waals surface area contributed by atoms with Gasteiger partial charge in [0.1, 0.15) is 0 Å². The molecule has 1 aromatic rings. The highest BCUT2D eigenvalue weighted by atomic mass is 16.4. The van der Waals surface area contributed by atoms with Gasteiger partial charge in [-0.3, -0.25) is 4.79 Å². The molecule has 14 heavy (non-hydrogen) atoms. The Morgan fingerprint density at radius 3 is 2.86 bits per heavy atom. The largest absolute Gasteiger partial charge is 0.488 e. The fourth-order valence-corrected chi connectivity index (χ4v) is 1.73. The number of rotatable bonds is 1. The lowest BCUT2D eigenvalue weighted by molar-refractivity contribution is 0.0946. The number of hydrogen-bond donors (Lipinski definition) is 3. The third kappa shape index (κ3) is 1.40. The van der Waals surface area contributed by atoms with E-state index in [1.165, 1.54) is 0 Å². The molecule has 0 unspecified atom stereocenters. The first-order chi connectivity index (χ1) is 6.70. The van der Waals surface area contributed by atoms with Crippen LogP contribution >= 0.6 is 0 Å². The molecule has 0 spiro atoms. The van der Waals surface area contributed by atoms with Gasteiger partial charge in [0.05, 0.1) is 0 Å². The van der Waals surface area contributed by atoms with Crippen molar-refractivity contribution in [3.8, 4) is 0 Å². The molecule has 0 fully saturated rings. The van der Waals surface area contributed by atoms with Crippen LogP contribution in [0.3, 0.4) is 0 Å². The van der Waals surface area contributed by atoms with Crippen molar-refractivity contribution < 1.29 is 14.8 Å². The summed E-state index contributed by atoms with van der Waals surface area (Å²) >= 11 is 0. The van der Waals surface area contributed by atoms with Gasteiger partial charge in [0.2, 0.25) is 0 Å². The Hall–Kier alpha value is -1.33. The smallest absolute Gasteiger partial charge is 0.423 e. The van der Waals surface area contributed by atoms with Gasteiger partial charge >= 0.3 is 7.12 Å². The summed E-state index contributed by atoms with van der Waals surface area (Å²) in [4.78, 5) is 11.4. The lowest BCUT2D eigenvalue weighted by Gasteiger charge is -2.19. The van der Waals surface area contributed by atoms with Gasteiger partial charge in [-0.15, -0.1) is 0 Å². The SMILES string of the molecule is O=C1NCCc2c(B(O)O)cccc21. The van der Waals surface area contributed by atoms with Gasteiger partial charge in [0.15, 0.2) is 0 Å². The van der Waals surface area contributed by atoms with Crippen LogP contribution in [0.4, 0.5) is 0 Å². The van der Waals surface area contributed by atoms with Crippen molar-refractivity contribution in [3.05, 3.63) is 29.3 Å². The molecule has 0 aliphatic carbocycles. The zero-order chi connectivity index (χ0) is 10.1. The van der Waals surface area contributed by atoms with Crippen molar-refractivity contribution >= 4 is 18.5 Å². The first-order valence-corrected chi connectivity index (χ1v) is 4.46. The van der Waals surface area contributed by atoms with Gasteiger partial charge in [0, 0.05) is 12.1 Å². The third-order valence-electron chi connectivity index (χ3n) is 2.40. The summed E-state index contributed by atoms with van der Waals surface area (Å²) in [5.74, 6) is -0.145. The molecule has 0 atom stereocenters. The van der Waals surface area contributed by atoms with E-state index >= 15 is 0 Å². The van der Waals surface area contributed by atoms with Crippen molar-refractivity contribution in [1.29, 1.82) is 0 Å². The van der Waals surface area contributed by atoms with Crippen LogP contribution in [0, 0.1) is 0 Å². The highest BCUT2D eigenvalue weighted by Crippen LogP contribution is 2.11. The quantitative estimate of drug-likeness (QED) is 0.481. The van der Waals surface area contributed by atoms with Gasteiger partial charge < -0.3 is 15.4 Å². The summed E-state index contributed by atoms with van der Waals surface area (Å²) < 4.78 is 0. The molecule has 0 bridgehead atoms. The lowest BCUT2D eigenvalue weighted by Crippen LogP contribution is -2.40. The van der Waals surface area contributed by atoms with Crippen LogP contribution in [0.15, 0.2) is 18.2 Å². The zero-order valence-corrected chi connectivity index (χ0v) is 7.53. The van der Waals surface area contributed by atoms with E-state index in [4.69, 9.17) is 10.0 Å². The highest BCUT2D eigenvalue weighted by molar-refractivity contribution is 6.59. The zero-order valence-electron chi connectivity index (χ0n) is 7.53. The molecule has 1 amide bonds. The molecule has 3 N–H and O–H groups in total. The van der Waals surface area contributed by atoms with Crippen molar-refractivity contribution in [1.82, 2.24) is 5.32 Å². The Balaban J connectivity index is 2.55. The van der Waals surface area contributed by atoms with E-state index in [-0.39, 0.29) is 5.91 Å². The molecule has 1 heterocycles. The molecule has 0 aromatic heterocycles. The Morgan fingerprint density at radius 1 is 1.36 bits per heavy atom. The predicted octanol–water partition coefficient (Wildman–Crippen LogP) is -1.35. The third-order valence-corrected chi connectivity index (χ3v) is 2.40. The van der Waals surface area contributed by atoms with Gasteiger partial charge in [-0.1, -0.05) is 12.1 Å². The maximum atomic E-state index is 11.4. The molecule has 4 nitrogen and oxygen atoms in total. The Morgan fingerprint density at radius 2 is 2.14 bits per heavy atom. The van der Waals surface area contributed by atoms with Crippen LogP contribution in [0.2, 0.25) is 0 Å². The van der Waals surface area contributed by atoms with E-state index in [2.05, 4.69) is 5.32 Å². The number of nitrogens with one attached hydrogen (secondary N) is 1. The standard InChI is InChI=1S/C9H10BNO3/c12-9-7-2-1-3-8(10(13)14)6(7)4-5-11-9/h1-3,13-14H,4-5H2,(H,11,12). The van der Waals surface area contributed by atoms with E-state index in [0.29, 0.717) is 24.0 Å². The average molecular weight is 191 g/mol. The minimum absolute atomic E-state index is 0.145. The van der Waals surface area contributed by atoms with Crippen molar-refractivity contribution in [2.24, 2.45) is 0 Å². The number of amides is 1. The average Bonchev–Trinajstić information content (AvgIpc) is 2.17. The molecule has 2 rings (SSSR count). The van der Waals surface area contributed by atoms with Crippen molar-refractivity contribution in [2.75, 3.05) is 6.54 Å². The van der Waals surface area contributed by atoms with E-state index in [1.54, 1.807) is 18.2 Å². The molecule has 72 valence electrons. The molecule has 5 heteroatoms. The molecular formula is C9H10BNO3. The van der Waals surface area contributed by atoms with Gasteiger partial charge in [-0.25, -0.2) is 0 Å². The Bertz CT molecular complexity index is 378. The van der Waals surface area contributed by atoms with E-state index in [1.807, 2.05) is 0 Å². The summed E-state index contributed by atoms with van der Waals surface area (Å²) in [6, 6.07) is 4.97. The van der Waals surface area contributed by atoms with Crippen molar-refractivity contribution in [2.45, 2.75) is 6.42 Å². The van der Waals surface area contributed by atoms with Gasteiger partial charge in [0.25, 0.3) is 5.91 Å². The molecule has 1 aliphatic rings. The second-order valence-electron chi connectivity index (χ2n) is 3.25. The second kappa shape index (κ2) is 3.44. The normalized spacial score (nSPS) is 14.6. The Labute approximate surface area is 81.7 Å². The van der Waals surface area contributed by atoms with Crippen LogP contribution in [-0.2, 0) is 6.42 Å². The second-order valence-corrected chi connectivity index (χ2v) is 3.25. The monoisotopic (exact) mass is 191 g/mol. The first kappa shape index (κ1) is 9.24. The van der Waals surface area contributed by atoms with Crippen LogP contribution in [0.1, 0.15) is 15.9 Å². The summed E-state index contributed by atoms with van der Waals surface area (Å²) in [6.07, 6.45) is 0.648. The van der Waals surface area contributed by atoms with Crippen LogP contribution in [0.5, 0.6) is 0 Å². The minimum atomic E-state index is -1.50. The summed E-state index contributed by atoms with van der Waals surface area (Å²) in [6.45, 7) is 0.551. The van der Waals surface area contributed by atoms with Crippen LogP contribution < -0.4 is 10.8 Å². The number of benzene rings is 1. The predicted molar refractivity (Wildman–Crippen MR) is 52.3 cm³/mol. The maximum Gasteiger partial charge on any atom is 0.488 e. The highest BCUT2D eigenvalue weighted by Gasteiger charge is 2.23. The molecular weight excluding hydrogens is 181 g/mol. The van der Waals surface area contributed by atoms with Gasteiger partial charge in [-0.2, -0.15) is 0 Å². The summed E-state index contributed by atoms with van der Waals surface area (Å²) in [5, 5.41) is 20.9. The number of carbonyl (C=O) groups is 1. The topological polar surface area (TPSA) is 69.6 Å². The molecule has 0 saturated carbocycles. The first-order valence-electron chi connectivity index (χ1n) is 4.46. The van der Waals surface area contributed by atoms with Crippen LogP contribution in [-0.4, -0.2) is 29.6 Å². The van der Waals surface area contributed by atoms with Crippen molar-refractivity contribution in [3.63, 3.8) is 0 Å². The summed E-state index contributed by atoms with van der Waals surface area (Å²) in [7, 11) is -1.50. The van der Waals surface area contributed by atoms with E-state index < -0.39 is 7.12 Å². The van der Waals surface area contributed by atoms with Crippen LogP contribution in [0.25, 0.3) is 0 Å². The number of carbonyl (C=O) groups excluding carboxylic acids is 1. The molecule has 0 saturated heterocycles. The lowest BCUT2D eigenvalue weighted by atomic mass is 9.74. The minimum Gasteiger partial charge on any atom is -0.423 e. The van der Waals surface area contributed by atoms with Gasteiger partial charge in [-0.05, 0) is 23.5 Å². The Kier molecular flexibility index (Phi) is 2.27. The maximum absolute atomic E-state index is 11.4. The molecule has 0 radical (unpaired) electrons. The fourth-order valence-electron chi connectivity index (χ4n) is 1.73.